The van der Waals surface area contributed by atoms with Gasteiger partial charge in [-0.25, -0.2) is 13.4 Å². The number of halogens is 1. The van der Waals surface area contributed by atoms with Crippen molar-refractivity contribution in [2.24, 2.45) is 0 Å². The maximum atomic E-state index is 12.9. The van der Waals surface area contributed by atoms with E-state index in [9.17, 15) is 13.2 Å². The summed E-state index contributed by atoms with van der Waals surface area (Å²) in [6.45, 7) is 1.64. The normalized spacial score (nSPS) is 11.4. The number of benzene rings is 3. The van der Waals surface area contributed by atoms with Crippen LogP contribution in [0.15, 0.2) is 89.1 Å². The molecule has 4 aromatic rings. The molecule has 4 rings (SSSR count). The number of anilines is 1. The minimum Gasteiger partial charge on any atom is -0.345 e. The molecule has 6 nitrogen and oxygen atoms in total. The van der Waals surface area contributed by atoms with Gasteiger partial charge in [0.15, 0.2) is 5.13 Å². The lowest BCUT2D eigenvalue weighted by Gasteiger charge is -2.19. The summed E-state index contributed by atoms with van der Waals surface area (Å²) < 4.78 is 28.0. The van der Waals surface area contributed by atoms with Crippen LogP contribution in [0.1, 0.15) is 28.4 Å². The number of nitrogens with zero attached hydrogens (tertiary/aromatic N) is 1. The van der Waals surface area contributed by atoms with Crippen molar-refractivity contribution in [1.82, 2.24) is 10.3 Å². The highest BCUT2D eigenvalue weighted by molar-refractivity contribution is 7.93. The Bertz CT molecular complexity index is 1350. The van der Waals surface area contributed by atoms with Crippen LogP contribution < -0.4 is 10.0 Å². The first-order valence-corrected chi connectivity index (χ1v) is 13.2. The zero-order valence-corrected chi connectivity index (χ0v) is 20.6. The molecule has 0 radical (unpaired) electrons. The molecular formula is C25H22ClN3O3S2. The van der Waals surface area contributed by atoms with Crippen LogP contribution in [0.2, 0.25) is 5.02 Å². The third kappa shape index (κ3) is 5.64. The first kappa shape index (κ1) is 23.9. The van der Waals surface area contributed by atoms with Crippen molar-refractivity contribution >= 4 is 44.0 Å². The van der Waals surface area contributed by atoms with E-state index in [-0.39, 0.29) is 28.4 Å². The van der Waals surface area contributed by atoms with E-state index in [0.29, 0.717) is 16.3 Å². The predicted molar refractivity (Wildman–Crippen MR) is 136 cm³/mol. The van der Waals surface area contributed by atoms with Gasteiger partial charge in [0.05, 0.1) is 23.1 Å². The molecule has 0 aliphatic heterocycles. The van der Waals surface area contributed by atoms with Gasteiger partial charge in [-0.2, -0.15) is 0 Å². The summed E-state index contributed by atoms with van der Waals surface area (Å²) in [6, 6.07) is 23.8. The lowest BCUT2D eigenvalue weighted by molar-refractivity contribution is -0.121. The molecule has 0 saturated carbocycles. The topological polar surface area (TPSA) is 88.2 Å². The van der Waals surface area contributed by atoms with Gasteiger partial charge >= 0.3 is 0 Å². The van der Waals surface area contributed by atoms with Gasteiger partial charge in [0.1, 0.15) is 0 Å². The molecule has 0 fully saturated rings. The second kappa shape index (κ2) is 10.4. The Morgan fingerprint density at radius 2 is 1.59 bits per heavy atom. The van der Waals surface area contributed by atoms with Crippen molar-refractivity contribution in [2.45, 2.75) is 24.3 Å². The third-order valence-electron chi connectivity index (χ3n) is 5.19. The first-order chi connectivity index (χ1) is 16.3. The number of amides is 1. The largest absolute Gasteiger partial charge is 0.345 e. The van der Waals surface area contributed by atoms with Gasteiger partial charge in [-0.3, -0.25) is 9.52 Å². The van der Waals surface area contributed by atoms with E-state index in [1.165, 1.54) is 6.07 Å². The van der Waals surface area contributed by atoms with Crippen molar-refractivity contribution in [1.29, 1.82) is 0 Å². The van der Waals surface area contributed by atoms with Gasteiger partial charge < -0.3 is 5.32 Å². The van der Waals surface area contributed by atoms with Gasteiger partial charge in [0.25, 0.3) is 10.0 Å². The standard InChI is InChI=1S/C25H22ClN3O3S2/c1-17-21(26)13-8-14-22(17)34(31,32)29-25-27-20(16-33-25)15-23(30)28-24(18-9-4-2-5-10-18)19-11-6-3-7-12-19/h2-14,16,24H,15H2,1H3,(H,27,29)(H,28,30). The minimum absolute atomic E-state index is 0.0184. The summed E-state index contributed by atoms with van der Waals surface area (Å²) in [5.41, 5.74) is 2.86. The van der Waals surface area contributed by atoms with Gasteiger partial charge in [-0.15, -0.1) is 11.3 Å². The van der Waals surface area contributed by atoms with Crippen LogP contribution in [0, 0.1) is 6.92 Å². The summed E-state index contributed by atoms with van der Waals surface area (Å²) in [7, 11) is -3.86. The maximum Gasteiger partial charge on any atom is 0.263 e. The SMILES string of the molecule is Cc1c(Cl)cccc1S(=O)(=O)Nc1nc(CC(=O)NC(c2ccccc2)c2ccccc2)cs1. The number of thiazole rings is 1. The number of sulfonamides is 1. The van der Waals surface area contributed by atoms with Crippen molar-refractivity contribution in [2.75, 3.05) is 4.72 Å². The smallest absolute Gasteiger partial charge is 0.263 e. The van der Waals surface area contributed by atoms with Crippen LogP contribution in [0.4, 0.5) is 5.13 Å². The number of nitrogens with one attached hydrogen (secondary N) is 2. The number of hydrogen-bond acceptors (Lipinski definition) is 5. The molecule has 0 bridgehead atoms. The molecular weight excluding hydrogens is 490 g/mol. The van der Waals surface area contributed by atoms with Gasteiger partial charge in [0.2, 0.25) is 5.91 Å². The lowest BCUT2D eigenvalue weighted by atomic mass is 9.98. The Balaban J connectivity index is 1.47. The summed E-state index contributed by atoms with van der Waals surface area (Å²) in [4.78, 5) is 17.3. The maximum absolute atomic E-state index is 12.9. The van der Waals surface area contributed by atoms with E-state index in [4.69, 9.17) is 11.6 Å². The minimum atomic E-state index is -3.86. The van der Waals surface area contributed by atoms with Crippen LogP contribution in [-0.2, 0) is 21.2 Å². The van der Waals surface area contributed by atoms with Gasteiger partial charge in [0, 0.05) is 10.4 Å². The molecule has 1 amide bonds. The summed E-state index contributed by atoms with van der Waals surface area (Å²) in [5.74, 6) is -0.219. The van der Waals surface area contributed by atoms with Crippen LogP contribution in [0.3, 0.4) is 0 Å². The zero-order chi connectivity index (χ0) is 24.1. The molecule has 0 atom stereocenters. The van der Waals surface area contributed by atoms with Crippen LogP contribution >= 0.6 is 22.9 Å². The van der Waals surface area contributed by atoms with Crippen molar-refractivity contribution in [3.8, 4) is 0 Å². The average molecular weight is 512 g/mol. The van der Waals surface area contributed by atoms with Crippen LogP contribution in [0.5, 0.6) is 0 Å². The van der Waals surface area contributed by atoms with E-state index >= 15 is 0 Å². The number of rotatable bonds is 8. The number of hydrogen-bond donors (Lipinski definition) is 2. The third-order valence-corrected chi connectivity index (χ3v) is 8.02. The second-order valence-electron chi connectivity index (χ2n) is 7.61. The molecule has 0 aliphatic carbocycles. The molecule has 3 aromatic carbocycles. The predicted octanol–water partition coefficient (Wildman–Crippen LogP) is 5.35. The zero-order valence-electron chi connectivity index (χ0n) is 18.2. The van der Waals surface area contributed by atoms with Gasteiger partial charge in [-0.05, 0) is 35.7 Å². The Labute approximate surface area is 207 Å². The van der Waals surface area contributed by atoms with Crippen molar-refractivity contribution in [3.05, 3.63) is 112 Å². The second-order valence-corrected chi connectivity index (χ2v) is 10.5. The van der Waals surface area contributed by atoms with E-state index in [2.05, 4.69) is 15.0 Å². The number of carbonyl (C=O) groups is 1. The van der Waals surface area contributed by atoms with E-state index in [0.717, 1.165) is 22.5 Å². The van der Waals surface area contributed by atoms with Crippen molar-refractivity contribution in [3.63, 3.8) is 0 Å². The highest BCUT2D eigenvalue weighted by atomic mass is 35.5. The Morgan fingerprint density at radius 3 is 2.21 bits per heavy atom. The fraction of sp³-hybridized carbons (Fsp3) is 0.120. The average Bonchev–Trinajstić information content (AvgIpc) is 3.26. The first-order valence-electron chi connectivity index (χ1n) is 10.4. The monoisotopic (exact) mass is 511 g/mol. The van der Waals surface area contributed by atoms with Crippen molar-refractivity contribution < 1.29 is 13.2 Å². The molecule has 0 aliphatic rings. The van der Waals surface area contributed by atoms with Crippen LogP contribution in [0.25, 0.3) is 0 Å². The quantitative estimate of drug-likeness (QED) is 0.333. The fourth-order valence-corrected chi connectivity index (χ4v) is 5.97. The highest BCUT2D eigenvalue weighted by Gasteiger charge is 2.21. The molecule has 1 heterocycles. The van der Waals surface area contributed by atoms with E-state index < -0.39 is 10.0 Å². The van der Waals surface area contributed by atoms with Crippen LogP contribution in [-0.4, -0.2) is 19.3 Å². The Morgan fingerprint density at radius 1 is 0.971 bits per heavy atom. The van der Waals surface area contributed by atoms with E-state index in [1.54, 1.807) is 24.4 Å². The summed E-state index contributed by atoms with van der Waals surface area (Å²) in [5, 5.41) is 5.29. The molecule has 9 heteroatoms. The molecule has 1 aromatic heterocycles. The van der Waals surface area contributed by atoms with E-state index in [1.807, 2.05) is 60.7 Å². The molecule has 0 unspecified atom stereocenters. The van der Waals surface area contributed by atoms with Gasteiger partial charge in [-0.1, -0.05) is 78.3 Å². The molecule has 174 valence electrons. The summed E-state index contributed by atoms with van der Waals surface area (Å²) in [6.07, 6.45) is 0.0184. The Hall–Kier alpha value is -3.20. The fourth-order valence-electron chi connectivity index (χ4n) is 3.51. The Kier molecular flexibility index (Phi) is 7.31. The molecule has 2 N–H and O–H groups in total. The number of aromatic nitrogens is 1. The number of carbonyl (C=O) groups excluding carboxylic acids is 1. The molecule has 0 spiro atoms. The highest BCUT2D eigenvalue weighted by Crippen LogP contribution is 2.26. The molecule has 34 heavy (non-hydrogen) atoms. The lowest BCUT2D eigenvalue weighted by Crippen LogP contribution is -2.30. The molecule has 0 saturated heterocycles. The summed E-state index contributed by atoms with van der Waals surface area (Å²) >= 11 is 7.18.